The molecule has 0 unspecified atom stereocenters. The van der Waals surface area contributed by atoms with Crippen LogP contribution in [0.15, 0.2) is 42.7 Å². The highest BCUT2D eigenvalue weighted by Gasteiger charge is 2.02. The number of urea groups is 1. The van der Waals surface area contributed by atoms with Gasteiger partial charge in [0.05, 0.1) is 5.69 Å². The maximum atomic E-state index is 11.5. The van der Waals surface area contributed by atoms with Crippen molar-refractivity contribution in [1.82, 2.24) is 15.1 Å². The zero-order chi connectivity index (χ0) is 12.8. The standard InChI is InChI=1S/C13H16N4O/c1-2-7-14-13(18)16-11-5-3-6-12(10-11)17-9-4-8-15-17/h3-6,8-10H,2,7H2,1H3,(H2,14,16,18). The molecule has 1 aromatic carbocycles. The molecule has 0 bridgehead atoms. The number of hydrogen-bond acceptors (Lipinski definition) is 2. The van der Waals surface area contributed by atoms with Crippen molar-refractivity contribution in [3.63, 3.8) is 0 Å². The van der Waals surface area contributed by atoms with Gasteiger partial charge in [0.15, 0.2) is 0 Å². The smallest absolute Gasteiger partial charge is 0.319 e. The van der Waals surface area contributed by atoms with Gasteiger partial charge in [-0.3, -0.25) is 0 Å². The quantitative estimate of drug-likeness (QED) is 0.867. The largest absolute Gasteiger partial charge is 0.338 e. The van der Waals surface area contributed by atoms with E-state index in [9.17, 15) is 4.79 Å². The maximum absolute atomic E-state index is 11.5. The van der Waals surface area contributed by atoms with Crippen LogP contribution in [0.4, 0.5) is 10.5 Å². The Morgan fingerprint density at radius 3 is 3.00 bits per heavy atom. The molecular weight excluding hydrogens is 228 g/mol. The van der Waals surface area contributed by atoms with E-state index in [4.69, 9.17) is 0 Å². The molecule has 2 N–H and O–H groups in total. The molecule has 1 aromatic heterocycles. The molecule has 0 aliphatic carbocycles. The number of anilines is 1. The van der Waals surface area contributed by atoms with Crippen LogP contribution in [0, 0.1) is 0 Å². The number of nitrogens with one attached hydrogen (secondary N) is 2. The van der Waals surface area contributed by atoms with Crippen LogP contribution in [0.2, 0.25) is 0 Å². The Labute approximate surface area is 106 Å². The van der Waals surface area contributed by atoms with Gasteiger partial charge < -0.3 is 10.6 Å². The summed E-state index contributed by atoms with van der Waals surface area (Å²) in [5.41, 5.74) is 1.66. The molecule has 2 rings (SSSR count). The third-order valence-corrected chi connectivity index (χ3v) is 2.41. The van der Waals surface area contributed by atoms with Gasteiger partial charge in [0.25, 0.3) is 0 Å². The second-order valence-corrected chi connectivity index (χ2v) is 3.88. The number of carbonyl (C=O) groups is 1. The van der Waals surface area contributed by atoms with Gasteiger partial charge in [-0.15, -0.1) is 0 Å². The third-order valence-electron chi connectivity index (χ3n) is 2.41. The average Bonchev–Trinajstić information content (AvgIpc) is 2.90. The molecule has 0 saturated carbocycles. The number of benzene rings is 1. The van der Waals surface area contributed by atoms with E-state index in [0.29, 0.717) is 6.54 Å². The van der Waals surface area contributed by atoms with Crippen LogP contribution in [0.5, 0.6) is 0 Å². The van der Waals surface area contributed by atoms with Crippen LogP contribution in [-0.4, -0.2) is 22.4 Å². The molecule has 18 heavy (non-hydrogen) atoms. The van der Waals surface area contributed by atoms with Crippen molar-refractivity contribution in [3.8, 4) is 5.69 Å². The Hall–Kier alpha value is -2.30. The van der Waals surface area contributed by atoms with Gasteiger partial charge in [-0.25, -0.2) is 9.48 Å². The predicted octanol–water partition coefficient (Wildman–Crippen LogP) is 2.40. The fraction of sp³-hybridized carbons (Fsp3) is 0.231. The summed E-state index contributed by atoms with van der Waals surface area (Å²) in [6, 6.07) is 9.20. The Morgan fingerprint density at radius 2 is 2.28 bits per heavy atom. The second kappa shape index (κ2) is 5.86. The monoisotopic (exact) mass is 244 g/mol. The van der Waals surface area contributed by atoms with E-state index in [1.165, 1.54) is 0 Å². The van der Waals surface area contributed by atoms with E-state index >= 15 is 0 Å². The SMILES string of the molecule is CCCNC(=O)Nc1cccc(-n2cccn2)c1. The van der Waals surface area contributed by atoms with E-state index < -0.39 is 0 Å². The van der Waals surface area contributed by atoms with Crippen LogP contribution < -0.4 is 10.6 Å². The molecule has 2 amide bonds. The molecule has 5 nitrogen and oxygen atoms in total. The van der Waals surface area contributed by atoms with Crippen molar-refractivity contribution in [1.29, 1.82) is 0 Å². The van der Waals surface area contributed by atoms with Gasteiger partial charge in [0.1, 0.15) is 0 Å². The van der Waals surface area contributed by atoms with Crippen molar-refractivity contribution in [2.45, 2.75) is 13.3 Å². The topological polar surface area (TPSA) is 59.0 Å². The summed E-state index contributed by atoms with van der Waals surface area (Å²) in [6.45, 7) is 2.68. The zero-order valence-corrected chi connectivity index (χ0v) is 10.3. The van der Waals surface area contributed by atoms with Crippen molar-refractivity contribution >= 4 is 11.7 Å². The molecule has 94 valence electrons. The first-order valence-corrected chi connectivity index (χ1v) is 5.94. The highest BCUT2D eigenvalue weighted by Crippen LogP contribution is 2.13. The summed E-state index contributed by atoms with van der Waals surface area (Å²) >= 11 is 0. The summed E-state index contributed by atoms with van der Waals surface area (Å²) in [7, 11) is 0. The lowest BCUT2D eigenvalue weighted by atomic mass is 10.3. The minimum atomic E-state index is -0.186. The first kappa shape index (κ1) is 12.2. The number of rotatable bonds is 4. The van der Waals surface area contributed by atoms with Gasteiger partial charge in [-0.1, -0.05) is 13.0 Å². The zero-order valence-electron chi connectivity index (χ0n) is 10.3. The highest BCUT2D eigenvalue weighted by molar-refractivity contribution is 5.89. The van der Waals surface area contributed by atoms with Gasteiger partial charge >= 0.3 is 6.03 Å². The third kappa shape index (κ3) is 3.10. The van der Waals surface area contributed by atoms with E-state index in [1.54, 1.807) is 10.9 Å². The molecule has 0 spiro atoms. The molecular formula is C13H16N4O. The van der Waals surface area contributed by atoms with Crippen LogP contribution >= 0.6 is 0 Å². The van der Waals surface area contributed by atoms with E-state index in [1.807, 2.05) is 43.5 Å². The Morgan fingerprint density at radius 1 is 1.39 bits per heavy atom. The Bertz CT molecular complexity index is 507. The number of nitrogens with zero attached hydrogens (tertiary/aromatic N) is 2. The van der Waals surface area contributed by atoms with Crippen molar-refractivity contribution < 1.29 is 4.79 Å². The molecule has 0 atom stereocenters. The van der Waals surface area contributed by atoms with Crippen LogP contribution in [0.25, 0.3) is 5.69 Å². The molecule has 0 aliphatic rings. The normalized spacial score (nSPS) is 10.1. The van der Waals surface area contributed by atoms with Crippen molar-refractivity contribution in [3.05, 3.63) is 42.7 Å². The van der Waals surface area contributed by atoms with Gasteiger partial charge in [0.2, 0.25) is 0 Å². The predicted molar refractivity (Wildman–Crippen MR) is 70.9 cm³/mol. The molecule has 5 heteroatoms. The lowest BCUT2D eigenvalue weighted by molar-refractivity contribution is 0.252. The first-order valence-electron chi connectivity index (χ1n) is 5.94. The number of carbonyl (C=O) groups excluding carboxylic acids is 1. The summed E-state index contributed by atoms with van der Waals surface area (Å²) in [4.78, 5) is 11.5. The minimum Gasteiger partial charge on any atom is -0.338 e. The van der Waals surface area contributed by atoms with Gasteiger partial charge in [-0.2, -0.15) is 5.10 Å². The molecule has 0 saturated heterocycles. The number of aromatic nitrogens is 2. The second-order valence-electron chi connectivity index (χ2n) is 3.88. The van der Waals surface area contributed by atoms with Crippen LogP contribution in [0.1, 0.15) is 13.3 Å². The number of amides is 2. The van der Waals surface area contributed by atoms with Crippen LogP contribution in [-0.2, 0) is 0 Å². The van der Waals surface area contributed by atoms with E-state index in [-0.39, 0.29) is 6.03 Å². The van der Waals surface area contributed by atoms with Crippen molar-refractivity contribution in [2.24, 2.45) is 0 Å². The van der Waals surface area contributed by atoms with Crippen LogP contribution in [0.3, 0.4) is 0 Å². The average molecular weight is 244 g/mol. The highest BCUT2D eigenvalue weighted by atomic mass is 16.2. The molecule has 2 aromatic rings. The molecule has 0 fully saturated rings. The Kier molecular flexibility index (Phi) is 3.96. The Balaban J connectivity index is 2.06. The molecule has 0 aliphatic heterocycles. The lowest BCUT2D eigenvalue weighted by Crippen LogP contribution is -2.29. The van der Waals surface area contributed by atoms with E-state index in [2.05, 4.69) is 15.7 Å². The fourth-order valence-electron chi connectivity index (χ4n) is 1.56. The minimum absolute atomic E-state index is 0.186. The summed E-state index contributed by atoms with van der Waals surface area (Å²) in [5.74, 6) is 0. The van der Waals surface area contributed by atoms with Gasteiger partial charge in [-0.05, 0) is 30.7 Å². The van der Waals surface area contributed by atoms with Crippen molar-refractivity contribution in [2.75, 3.05) is 11.9 Å². The molecule has 0 radical (unpaired) electrons. The lowest BCUT2D eigenvalue weighted by Gasteiger charge is -2.08. The molecule has 1 heterocycles. The maximum Gasteiger partial charge on any atom is 0.319 e. The van der Waals surface area contributed by atoms with E-state index in [0.717, 1.165) is 17.8 Å². The fourth-order valence-corrected chi connectivity index (χ4v) is 1.56. The summed E-state index contributed by atoms with van der Waals surface area (Å²) in [5, 5.41) is 9.70. The summed E-state index contributed by atoms with van der Waals surface area (Å²) < 4.78 is 1.75. The van der Waals surface area contributed by atoms with Gasteiger partial charge in [0, 0.05) is 24.6 Å². The summed E-state index contributed by atoms with van der Waals surface area (Å²) in [6.07, 6.45) is 4.49. The first-order chi connectivity index (χ1) is 8.79. The number of hydrogen-bond donors (Lipinski definition) is 2.